The molecule has 1 aromatic carbocycles. The molecule has 0 N–H and O–H groups in total. The summed E-state index contributed by atoms with van der Waals surface area (Å²) in [6.07, 6.45) is 1.95. The van der Waals surface area contributed by atoms with Crippen LogP contribution in [-0.4, -0.2) is 19.6 Å². The number of hydrogen-bond acceptors (Lipinski definition) is 4. The molecule has 5 heteroatoms. The molecule has 0 unspecified atom stereocenters. The van der Waals surface area contributed by atoms with E-state index in [4.69, 9.17) is 4.42 Å². The number of fused-ring (bicyclic) bond motifs is 1. The summed E-state index contributed by atoms with van der Waals surface area (Å²) >= 11 is 0. The molecule has 22 heavy (non-hydrogen) atoms. The second kappa shape index (κ2) is 4.80. The van der Waals surface area contributed by atoms with Crippen molar-refractivity contribution >= 4 is 5.65 Å². The van der Waals surface area contributed by atoms with E-state index < -0.39 is 0 Å². The van der Waals surface area contributed by atoms with Crippen molar-refractivity contribution in [3.63, 3.8) is 0 Å². The van der Waals surface area contributed by atoms with E-state index in [2.05, 4.69) is 15.2 Å². The van der Waals surface area contributed by atoms with Gasteiger partial charge in [0.05, 0.1) is 5.69 Å². The number of nitrogens with zero attached hydrogens (tertiary/aromatic N) is 4. The molecule has 5 nitrogen and oxygen atoms in total. The fraction of sp³-hybridized carbons (Fsp3) is 0.118. The molecule has 0 fully saturated rings. The van der Waals surface area contributed by atoms with Gasteiger partial charge in [-0.1, -0.05) is 24.3 Å². The normalized spacial score (nSPS) is 11.2. The van der Waals surface area contributed by atoms with E-state index in [-0.39, 0.29) is 0 Å². The van der Waals surface area contributed by atoms with Crippen molar-refractivity contribution in [3.05, 3.63) is 59.9 Å². The summed E-state index contributed by atoms with van der Waals surface area (Å²) in [6.45, 7) is 3.97. The maximum atomic E-state index is 5.90. The standard InChI is InChI=1S/C17H14N4O/c1-11-7-3-4-8-13(11)16-19-20-17(22-16)15-12(2)18-14-9-5-6-10-21(14)15/h3-10H,1-2H3. The number of hydrogen-bond donors (Lipinski definition) is 0. The molecule has 0 aliphatic carbocycles. The van der Waals surface area contributed by atoms with Gasteiger partial charge in [0, 0.05) is 11.8 Å². The first-order valence-corrected chi connectivity index (χ1v) is 7.07. The van der Waals surface area contributed by atoms with Crippen LogP contribution in [0.2, 0.25) is 0 Å². The average molecular weight is 290 g/mol. The summed E-state index contributed by atoms with van der Waals surface area (Å²) in [5.74, 6) is 1.01. The van der Waals surface area contributed by atoms with Gasteiger partial charge in [-0.05, 0) is 37.6 Å². The van der Waals surface area contributed by atoms with Crippen molar-refractivity contribution in [1.29, 1.82) is 0 Å². The van der Waals surface area contributed by atoms with E-state index in [9.17, 15) is 0 Å². The molecule has 0 radical (unpaired) electrons. The van der Waals surface area contributed by atoms with Gasteiger partial charge in [0.15, 0.2) is 0 Å². The predicted octanol–water partition coefficient (Wildman–Crippen LogP) is 3.67. The van der Waals surface area contributed by atoms with E-state index in [1.165, 1.54) is 0 Å². The van der Waals surface area contributed by atoms with Gasteiger partial charge < -0.3 is 4.42 Å². The zero-order chi connectivity index (χ0) is 15.1. The topological polar surface area (TPSA) is 56.2 Å². The minimum absolute atomic E-state index is 0.481. The van der Waals surface area contributed by atoms with Crippen LogP contribution in [0.3, 0.4) is 0 Å². The number of imidazole rings is 1. The van der Waals surface area contributed by atoms with Crippen molar-refractivity contribution in [2.45, 2.75) is 13.8 Å². The van der Waals surface area contributed by atoms with E-state index in [0.717, 1.165) is 28.2 Å². The lowest BCUT2D eigenvalue weighted by Crippen LogP contribution is -1.88. The molecule has 0 saturated carbocycles. The first-order chi connectivity index (χ1) is 10.7. The van der Waals surface area contributed by atoms with Crippen molar-refractivity contribution in [2.24, 2.45) is 0 Å². The Morgan fingerprint density at radius 1 is 0.909 bits per heavy atom. The van der Waals surface area contributed by atoms with E-state index in [1.807, 2.05) is 66.9 Å². The molecule has 4 aromatic rings. The lowest BCUT2D eigenvalue weighted by molar-refractivity contribution is 0.580. The fourth-order valence-corrected chi connectivity index (χ4v) is 2.61. The maximum absolute atomic E-state index is 5.90. The zero-order valence-corrected chi connectivity index (χ0v) is 12.3. The number of pyridine rings is 1. The van der Waals surface area contributed by atoms with Gasteiger partial charge in [-0.3, -0.25) is 4.40 Å². The number of rotatable bonds is 2. The van der Waals surface area contributed by atoms with Crippen LogP contribution in [-0.2, 0) is 0 Å². The van der Waals surface area contributed by atoms with Gasteiger partial charge in [0.25, 0.3) is 5.89 Å². The van der Waals surface area contributed by atoms with Crippen LogP contribution in [0.25, 0.3) is 28.7 Å². The zero-order valence-electron chi connectivity index (χ0n) is 12.3. The van der Waals surface area contributed by atoms with Crippen molar-refractivity contribution in [1.82, 2.24) is 19.6 Å². The summed E-state index contributed by atoms with van der Waals surface area (Å²) in [6, 6.07) is 13.8. The molecule has 3 heterocycles. The summed E-state index contributed by atoms with van der Waals surface area (Å²) in [5, 5.41) is 8.40. The van der Waals surface area contributed by atoms with Crippen LogP contribution >= 0.6 is 0 Å². The Morgan fingerprint density at radius 2 is 1.68 bits per heavy atom. The van der Waals surface area contributed by atoms with Crippen molar-refractivity contribution in [2.75, 3.05) is 0 Å². The molecule has 0 amide bonds. The van der Waals surface area contributed by atoms with Gasteiger partial charge in [-0.25, -0.2) is 4.98 Å². The Kier molecular flexibility index (Phi) is 2.79. The van der Waals surface area contributed by atoms with E-state index in [1.54, 1.807) is 0 Å². The highest BCUT2D eigenvalue weighted by atomic mass is 16.4. The van der Waals surface area contributed by atoms with Gasteiger partial charge in [0.2, 0.25) is 5.89 Å². The first-order valence-electron chi connectivity index (χ1n) is 7.07. The van der Waals surface area contributed by atoms with Gasteiger partial charge in [-0.15, -0.1) is 10.2 Å². The monoisotopic (exact) mass is 290 g/mol. The largest absolute Gasteiger partial charge is 0.415 e. The SMILES string of the molecule is Cc1ccccc1-c1nnc(-c2c(C)nc3ccccn23)o1. The third-order valence-electron chi connectivity index (χ3n) is 3.71. The maximum Gasteiger partial charge on any atom is 0.266 e. The third-order valence-corrected chi connectivity index (χ3v) is 3.71. The molecule has 0 atom stereocenters. The lowest BCUT2D eigenvalue weighted by atomic mass is 10.1. The van der Waals surface area contributed by atoms with Crippen LogP contribution in [0.15, 0.2) is 53.1 Å². The molecule has 0 aliphatic heterocycles. The Labute approximate surface area is 127 Å². The second-order valence-electron chi connectivity index (χ2n) is 5.20. The molecular weight excluding hydrogens is 276 g/mol. The van der Waals surface area contributed by atoms with E-state index in [0.29, 0.717) is 11.8 Å². The molecular formula is C17H14N4O. The average Bonchev–Trinajstić information content (AvgIpc) is 3.10. The van der Waals surface area contributed by atoms with Crippen molar-refractivity contribution < 1.29 is 4.42 Å². The molecule has 3 aromatic heterocycles. The highest BCUT2D eigenvalue weighted by molar-refractivity contribution is 5.63. The lowest BCUT2D eigenvalue weighted by Gasteiger charge is -1.99. The molecule has 0 aliphatic rings. The molecule has 0 bridgehead atoms. The molecule has 108 valence electrons. The smallest absolute Gasteiger partial charge is 0.266 e. The Morgan fingerprint density at radius 3 is 2.55 bits per heavy atom. The Hall–Kier alpha value is -2.95. The van der Waals surface area contributed by atoms with Crippen LogP contribution < -0.4 is 0 Å². The summed E-state index contributed by atoms with van der Waals surface area (Å²) in [4.78, 5) is 4.52. The Balaban J connectivity index is 1.88. The minimum Gasteiger partial charge on any atom is -0.415 e. The van der Waals surface area contributed by atoms with Crippen LogP contribution in [0.5, 0.6) is 0 Å². The van der Waals surface area contributed by atoms with Gasteiger partial charge >= 0.3 is 0 Å². The van der Waals surface area contributed by atoms with Crippen LogP contribution in [0.1, 0.15) is 11.3 Å². The third kappa shape index (κ3) is 1.90. The molecule has 0 spiro atoms. The Bertz CT molecular complexity index is 968. The van der Waals surface area contributed by atoms with Gasteiger partial charge in [0.1, 0.15) is 11.3 Å². The van der Waals surface area contributed by atoms with Gasteiger partial charge in [-0.2, -0.15) is 0 Å². The van der Waals surface area contributed by atoms with Crippen molar-refractivity contribution in [3.8, 4) is 23.0 Å². The highest BCUT2D eigenvalue weighted by Gasteiger charge is 2.18. The van der Waals surface area contributed by atoms with Crippen LogP contribution in [0.4, 0.5) is 0 Å². The number of aryl methyl sites for hydroxylation is 2. The molecule has 0 saturated heterocycles. The summed E-state index contributed by atoms with van der Waals surface area (Å²) in [7, 11) is 0. The van der Waals surface area contributed by atoms with Crippen LogP contribution in [0, 0.1) is 13.8 Å². The predicted molar refractivity (Wildman–Crippen MR) is 83.4 cm³/mol. The summed E-state index contributed by atoms with van der Waals surface area (Å²) < 4.78 is 7.86. The molecule has 4 rings (SSSR count). The highest BCUT2D eigenvalue weighted by Crippen LogP contribution is 2.28. The van der Waals surface area contributed by atoms with E-state index >= 15 is 0 Å². The number of aromatic nitrogens is 4. The second-order valence-corrected chi connectivity index (χ2v) is 5.20. The quantitative estimate of drug-likeness (QED) is 0.565. The fourth-order valence-electron chi connectivity index (χ4n) is 2.61. The number of benzene rings is 1. The summed E-state index contributed by atoms with van der Waals surface area (Å²) in [5.41, 5.74) is 4.63. The minimum atomic E-state index is 0.481. The first kappa shape index (κ1) is 12.8.